The summed E-state index contributed by atoms with van der Waals surface area (Å²) in [6.07, 6.45) is 1.49. The molecule has 0 aromatic heterocycles. The van der Waals surface area contributed by atoms with Crippen molar-refractivity contribution in [3.05, 3.63) is 54.1 Å². The first-order valence-electron chi connectivity index (χ1n) is 11.4. The Labute approximate surface area is 200 Å². The Morgan fingerprint density at radius 3 is 2.35 bits per heavy atom. The van der Waals surface area contributed by atoms with Gasteiger partial charge in [0.05, 0.1) is 13.0 Å². The van der Waals surface area contributed by atoms with Crippen molar-refractivity contribution in [3.63, 3.8) is 0 Å². The molecule has 8 nitrogen and oxygen atoms in total. The standard InChI is InChI=1S/C26H34N2O6/c1-5-6-16-32-25(31)28-34-23(29)15-12-19-10-13-20(14-11-19)21-8-7-9-22(17-21)27-18-24(30)33-26(2,3)4/h7-11,13-14,17,27H,5-6,12,15-16,18H2,1-4H3,(H,28,31). The number of rotatable bonds is 10. The number of aryl methyl sites for hydroxylation is 1. The molecule has 0 aliphatic rings. The van der Waals surface area contributed by atoms with Crippen molar-refractivity contribution in [1.29, 1.82) is 0 Å². The highest BCUT2D eigenvalue weighted by atomic mass is 16.7. The van der Waals surface area contributed by atoms with E-state index in [0.29, 0.717) is 6.42 Å². The van der Waals surface area contributed by atoms with Gasteiger partial charge < -0.3 is 19.6 Å². The molecule has 34 heavy (non-hydrogen) atoms. The minimum Gasteiger partial charge on any atom is -0.459 e. The molecule has 0 aliphatic carbocycles. The van der Waals surface area contributed by atoms with Crippen LogP contribution in [0.2, 0.25) is 0 Å². The highest BCUT2D eigenvalue weighted by Crippen LogP contribution is 2.23. The van der Waals surface area contributed by atoms with E-state index in [1.165, 1.54) is 0 Å². The molecule has 0 radical (unpaired) electrons. The third-order valence-corrected chi connectivity index (χ3v) is 4.60. The van der Waals surface area contributed by atoms with E-state index in [2.05, 4.69) is 5.32 Å². The van der Waals surface area contributed by atoms with Crippen LogP contribution in [0.1, 0.15) is 52.5 Å². The maximum Gasteiger partial charge on any atom is 0.440 e. The summed E-state index contributed by atoms with van der Waals surface area (Å²) in [7, 11) is 0. The Morgan fingerprint density at radius 1 is 0.941 bits per heavy atom. The number of benzene rings is 2. The fourth-order valence-electron chi connectivity index (χ4n) is 2.96. The van der Waals surface area contributed by atoms with E-state index in [4.69, 9.17) is 14.3 Å². The maximum absolute atomic E-state index is 11.9. The van der Waals surface area contributed by atoms with Gasteiger partial charge in [-0.2, -0.15) is 0 Å². The van der Waals surface area contributed by atoms with Gasteiger partial charge in [0.1, 0.15) is 12.1 Å². The molecule has 184 valence electrons. The van der Waals surface area contributed by atoms with Crippen molar-refractivity contribution in [2.24, 2.45) is 0 Å². The van der Waals surface area contributed by atoms with Gasteiger partial charge in [-0.25, -0.2) is 9.59 Å². The van der Waals surface area contributed by atoms with Crippen LogP contribution < -0.4 is 10.8 Å². The lowest BCUT2D eigenvalue weighted by Gasteiger charge is -2.19. The third kappa shape index (κ3) is 10.4. The first-order chi connectivity index (χ1) is 16.2. The molecule has 0 saturated carbocycles. The molecule has 2 aromatic rings. The van der Waals surface area contributed by atoms with Crippen LogP contribution in [-0.2, 0) is 30.3 Å². The number of anilines is 1. The Hall–Kier alpha value is -3.55. The smallest absolute Gasteiger partial charge is 0.440 e. The molecule has 8 heteroatoms. The van der Waals surface area contributed by atoms with E-state index in [-0.39, 0.29) is 25.5 Å². The minimum absolute atomic E-state index is 0.0844. The summed E-state index contributed by atoms with van der Waals surface area (Å²) in [6.45, 7) is 7.86. The fourth-order valence-corrected chi connectivity index (χ4v) is 2.96. The quantitative estimate of drug-likeness (QED) is 0.217. The van der Waals surface area contributed by atoms with E-state index in [0.717, 1.165) is 35.2 Å². The summed E-state index contributed by atoms with van der Waals surface area (Å²) in [5, 5.41) is 3.09. The maximum atomic E-state index is 11.9. The average molecular weight is 471 g/mol. The summed E-state index contributed by atoms with van der Waals surface area (Å²) < 4.78 is 10.2. The van der Waals surface area contributed by atoms with E-state index in [1.54, 1.807) is 0 Å². The van der Waals surface area contributed by atoms with Gasteiger partial charge in [0.2, 0.25) is 0 Å². The normalized spacial score (nSPS) is 10.8. The molecule has 0 fully saturated rings. The number of nitrogens with one attached hydrogen (secondary N) is 2. The second kappa shape index (κ2) is 13.2. The van der Waals surface area contributed by atoms with Crippen LogP contribution in [0.15, 0.2) is 48.5 Å². The third-order valence-electron chi connectivity index (χ3n) is 4.60. The second-order valence-corrected chi connectivity index (χ2v) is 8.78. The van der Waals surface area contributed by atoms with Gasteiger partial charge in [-0.1, -0.05) is 49.7 Å². The molecule has 1 amide bonds. The lowest BCUT2D eigenvalue weighted by atomic mass is 10.0. The summed E-state index contributed by atoms with van der Waals surface area (Å²) in [6, 6.07) is 15.6. The van der Waals surface area contributed by atoms with Crippen molar-refractivity contribution in [1.82, 2.24) is 5.48 Å². The summed E-state index contributed by atoms with van der Waals surface area (Å²) in [4.78, 5) is 39.9. The van der Waals surface area contributed by atoms with E-state index in [9.17, 15) is 14.4 Å². The van der Waals surface area contributed by atoms with Gasteiger partial charge in [-0.15, -0.1) is 5.48 Å². The van der Waals surface area contributed by atoms with Gasteiger partial charge in [0.25, 0.3) is 0 Å². The van der Waals surface area contributed by atoms with Crippen LogP contribution in [-0.4, -0.2) is 36.8 Å². The molecule has 2 rings (SSSR count). The van der Waals surface area contributed by atoms with Crippen LogP contribution >= 0.6 is 0 Å². The van der Waals surface area contributed by atoms with Gasteiger partial charge in [-0.05, 0) is 62.4 Å². The van der Waals surface area contributed by atoms with E-state index < -0.39 is 17.7 Å². The van der Waals surface area contributed by atoms with Crippen molar-refractivity contribution in [3.8, 4) is 11.1 Å². The lowest BCUT2D eigenvalue weighted by molar-refractivity contribution is -0.152. The molecule has 0 bridgehead atoms. The molecule has 0 atom stereocenters. The summed E-state index contributed by atoms with van der Waals surface area (Å²) >= 11 is 0. The Morgan fingerprint density at radius 2 is 1.68 bits per heavy atom. The Bertz CT molecular complexity index is 951. The first-order valence-corrected chi connectivity index (χ1v) is 11.4. The van der Waals surface area contributed by atoms with Gasteiger partial charge >= 0.3 is 18.0 Å². The summed E-state index contributed by atoms with van der Waals surface area (Å²) in [5.41, 5.74) is 5.25. The molecule has 0 saturated heterocycles. The zero-order valence-electron chi connectivity index (χ0n) is 20.3. The van der Waals surface area contributed by atoms with Crippen LogP contribution in [0.5, 0.6) is 0 Å². The molecule has 0 unspecified atom stereocenters. The predicted molar refractivity (Wildman–Crippen MR) is 130 cm³/mol. The average Bonchev–Trinajstić information content (AvgIpc) is 2.80. The molecular formula is C26H34N2O6. The lowest BCUT2D eigenvalue weighted by Crippen LogP contribution is -2.28. The van der Waals surface area contributed by atoms with Crippen molar-refractivity contribution < 1.29 is 28.7 Å². The number of hydrogen-bond donors (Lipinski definition) is 2. The largest absolute Gasteiger partial charge is 0.459 e. The van der Waals surface area contributed by atoms with E-state index in [1.807, 2.05) is 81.7 Å². The number of hydrogen-bond acceptors (Lipinski definition) is 7. The van der Waals surface area contributed by atoms with Crippen molar-refractivity contribution in [2.45, 2.75) is 59.0 Å². The topological polar surface area (TPSA) is 103 Å². The van der Waals surface area contributed by atoms with Gasteiger partial charge in [0.15, 0.2) is 0 Å². The van der Waals surface area contributed by atoms with Gasteiger partial charge in [0, 0.05) is 5.69 Å². The molecule has 0 aliphatic heterocycles. The predicted octanol–water partition coefficient (Wildman–Crippen LogP) is 5.02. The molecule has 2 aromatic carbocycles. The number of hydroxylamine groups is 1. The summed E-state index contributed by atoms with van der Waals surface area (Å²) in [5.74, 6) is -0.857. The monoisotopic (exact) mass is 470 g/mol. The first kappa shape index (κ1) is 26.7. The molecular weight excluding hydrogens is 436 g/mol. The van der Waals surface area contributed by atoms with Crippen LogP contribution in [0.3, 0.4) is 0 Å². The minimum atomic E-state index is -0.769. The zero-order valence-corrected chi connectivity index (χ0v) is 20.3. The van der Waals surface area contributed by atoms with E-state index >= 15 is 0 Å². The molecule has 0 spiro atoms. The van der Waals surface area contributed by atoms with Gasteiger partial charge in [-0.3, -0.25) is 4.79 Å². The number of unbranched alkanes of at least 4 members (excludes halogenated alkanes) is 1. The zero-order chi connectivity index (χ0) is 25.0. The molecule has 0 heterocycles. The highest BCUT2D eigenvalue weighted by molar-refractivity contribution is 5.76. The van der Waals surface area contributed by atoms with Crippen LogP contribution in [0.25, 0.3) is 11.1 Å². The second-order valence-electron chi connectivity index (χ2n) is 8.78. The van der Waals surface area contributed by atoms with Crippen molar-refractivity contribution in [2.75, 3.05) is 18.5 Å². The Kier molecular flexibility index (Phi) is 10.4. The van der Waals surface area contributed by atoms with Crippen LogP contribution in [0, 0.1) is 0 Å². The SMILES string of the molecule is CCCCOC(=O)NOC(=O)CCc1ccc(-c2cccc(NCC(=O)OC(C)(C)C)c2)cc1. The number of amides is 1. The fraction of sp³-hybridized carbons (Fsp3) is 0.423. The highest BCUT2D eigenvalue weighted by Gasteiger charge is 2.15. The number of esters is 1. The number of ether oxygens (including phenoxy) is 2. The number of carbonyl (C=O) groups is 3. The molecule has 2 N–H and O–H groups in total. The van der Waals surface area contributed by atoms with Crippen LogP contribution in [0.4, 0.5) is 10.5 Å². The van der Waals surface area contributed by atoms with Crippen molar-refractivity contribution >= 4 is 23.7 Å². The number of carbonyl (C=O) groups excluding carboxylic acids is 3. The Balaban J connectivity index is 1.81.